The first-order valence-electron chi connectivity index (χ1n) is 9.56. The molecule has 0 saturated carbocycles. The van der Waals surface area contributed by atoms with Crippen molar-refractivity contribution in [2.75, 3.05) is 49.1 Å². The van der Waals surface area contributed by atoms with Crippen molar-refractivity contribution in [3.63, 3.8) is 0 Å². The highest BCUT2D eigenvalue weighted by molar-refractivity contribution is 7.91. The summed E-state index contributed by atoms with van der Waals surface area (Å²) < 4.78 is 36.6. The predicted octanol–water partition coefficient (Wildman–Crippen LogP) is 1.37. The Kier molecular flexibility index (Phi) is 6.05. The first kappa shape index (κ1) is 20.1. The van der Waals surface area contributed by atoms with E-state index in [4.69, 9.17) is 0 Å². The van der Waals surface area contributed by atoms with Gasteiger partial charge in [0, 0.05) is 44.5 Å². The summed E-state index contributed by atoms with van der Waals surface area (Å²) in [6.07, 6.45) is 0.535. The molecule has 0 aliphatic carbocycles. The average molecular weight is 398 g/mol. The average Bonchev–Trinajstić information content (AvgIpc) is 3.02. The number of nitrogens with zero attached hydrogens (tertiary/aromatic N) is 3. The van der Waals surface area contributed by atoms with Gasteiger partial charge in [-0.1, -0.05) is 0 Å². The van der Waals surface area contributed by atoms with E-state index in [1.54, 1.807) is 17.0 Å². The van der Waals surface area contributed by atoms with Crippen LogP contribution in [0, 0.1) is 5.82 Å². The summed E-state index contributed by atoms with van der Waals surface area (Å²) in [5.74, 6) is 0.0177. The van der Waals surface area contributed by atoms with Gasteiger partial charge in [-0.05, 0) is 44.5 Å². The van der Waals surface area contributed by atoms with E-state index in [0.29, 0.717) is 13.0 Å². The highest BCUT2D eigenvalue weighted by Crippen LogP contribution is 2.21. The van der Waals surface area contributed by atoms with Crippen molar-refractivity contribution in [1.82, 2.24) is 9.80 Å². The van der Waals surface area contributed by atoms with Crippen molar-refractivity contribution >= 4 is 21.4 Å². The van der Waals surface area contributed by atoms with Gasteiger partial charge in [-0.2, -0.15) is 0 Å². The topological polar surface area (TPSA) is 60.9 Å². The Morgan fingerprint density at radius 2 is 1.85 bits per heavy atom. The summed E-state index contributed by atoms with van der Waals surface area (Å²) in [5.41, 5.74) is 0.987. The molecule has 0 N–H and O–H groups in total. The van der Waals surface area contributed by atoms with E-state index < -0.39 is 9.84 Å². The number of hydrogen-bond acceptors (Lipinski definition) is 5. The van der Waals surface area contributed by atoms with E-state index in [1.165, 1.54) is 12.1 Å². The summed E-state index contributed by atoms with van der Waals surface area (Å²) in [7, 11) is -3.02. The highest BCUT2D eigenvalue weighted by Gasteiger charge is 2.37. The molecule has 0 bridgehead atoms. The maximum absolute atomic E-state index is 13.1. The van der Waals surface area contributed by atoms with E-state index in [2.05, 4.69) is 9.80 Å². The molecule has 27 heavy (non-hydrogen) atoms. The Bertz CT molecular complexity index is 761. The highest BCUT2D eigenvalue weighted by atomic mass is 32.2. The molecular formula is C19H28FN3O3S. The molecular weight excluding hydrogens is 369 g/mol. The molecule has 6 nitrogen and oxygen atoms in total. The zero-order chi connectivity index (χ0) is 19.6. The molecule has 2 heterocycles. The lowest BCUT2D eigenvalue weighted by Crippen LogP contribution is -2.56. The van der Waals surface area contributed by atoms with Crippen LogP contribution in [0.2, 0.25) is 0 Å². The minimum absolute atomic E-state index is 0.00910. The summed E-state index contributed by atoms with van der Waals surface area (Å²) in [6.45, 7) is 7.36. The first-order chi connectivity index (χ1) is 12.8. The van der Waals surface area contributed by atoms with Gasteiger partial charge in [0.15, 0.2) is 9.84 Å². The third-order valence-electron chi connectivity index (χ3n) is 5.68. The van der Waals surface area contributed by atoms with Crippen molar-refractivity contribution in [1.29, 1.82) is 0 Å². The first-order valence-corrected chi connectivity index (χ1v) is 11.4. The van der Waals surface area contributed by atoms with Crippen LogP contribution in [0.15, 0.2) is 24.3 Å². The van der Waals surface area contributed by atoms with Crippen LogP contribution < -0.4 is 4.90 Å². The van der Waals surface area contributed by atoms with Crippen molar-refractivity contribution in [3.05, 3.63) is 30.1 Å². The van der Waals surface area contributed by atoms with Crippen molar-refractivity contribution in [2.24, 2.45) is 0 Å². The molecule has 0 radical (unpaired) electrons. The molecule has 1 aromatic rings. The Morgan fingerprint density at radius 3 is 2.37 bits per heavy atom. The van der Waals surface area contributed by atoms with E-state index in [-0.39, 0.29) is 35.3 Å². The smallest absolute Gasteiger partial charge is 0.239 e. The number of rotatable bonds is 5. The fraction of sp³-hybridized carbons (Fsp3) is 0.632. The quantitative estimate of drug-likeness (QED) is 0.751. The standard InChI is InChI=1S/C19H28FN3O3S/c1-3-23(18-8-13-27(25,26)14-18)19(24)15(2)21-9-11-22(12-10-21)17-6-4-16(20)5-7-17/h4-7,15,18H,3,8-14H2,1-2H3/t15-,18-/m1/s1. The van der Waals surface area contributed by atoms with Crippen LogP contribution in [0.3, 0.4) is 0 Å². The summed E-state index contributed by atoms with van der Waals surface area (Å²) in [6, 6.07) is 6.00. The van der Waals surface area contributed by atoms with E-state index in [1.807, 2.05) is 13.8 Å². The largest absolute Gasteiger partial charge is 0.369 e. The molecule has 2 aliphatic rings. The Morgan fingerprint density at radius 1 is 1.22 bits per heavy atom. The van der Waals surface area contributed by atoms with Crippen molar-refractivity contribution < 1.29 is 17.6 Å². The van der Waals surface area contributed by atoms with Crippen LogP contribution in [0.5, 0.6) is 0 Å². The number of hydrogen-bond donors (Lipinski definition) is 0. The van der Waals surface area contributed by atoms with E-state index in [0.717, 1.165) is 31.9 Å². The molecule has 0 unspecified atom stereocenters. The van der Waals surface area contributed by atoms with Crippen LogP contribution in [0.4, 0.5) is 10.1 Å². The molecule has 0 aromatic heterocycles. The van der Waals surface area contributed by atoms with Gasteiger partial charge in [0.05, 0.1) is 17.5 Å². The van der Waals surface area contributed by atoms with Crippen LogP contribution in [0.1, 0.15) is 20.3 Å². The van der Waals surface area contributed by atoms with Gasteiger partial charge in [-0.15, -0.1) is 0 Å². The third-order valence-corrected chi connectivity index (χ3v) is 7.43. The summed E-state index contributed by atoms with van der Waals surface area (Å²) in [4.78, 5) is 19.1. The van der Waals surface area contributed by atoms with Gasteiger partial charge in [0.25, 0.3) is 0 Å². The maximum Gasteiger partial charge on any atom is 0.239 e. The van der Waals surface area contributed by atoms with Gasteiger partial charge in [-0.3, -0.25) is 9.69 Å². The predicted molar refractivity (Wildman–Crippen MR) is 104 cm³/mol. The summed E-state index contributed by atoms with van der Waals surface area (Å²) in [5, 5.41) is 0. The van der Waals surface area contributed by atoms with Gasteiger partial charge >= 0.3 is 0 Å². The second kappa shape index (κ2) is 8.14. The Labute approximate surface area is 160 Å². The van der Waals surface area contributed by atoms with Gasteiger partial charge in [0.2, 0.25) is 5.91 Å². The van der Waals surface area contributed by atoms with Gasteiger partial charge < -0.3 is 9.80 Å². The van der Waals surface area contributed by atoms with Gasteiger partial charge in [-0.25, -0.2) is 12.8 Å². The molecule has 150 valence electrons. The SMILES string of the molecule is CCN(C(=O)[C@@H](C)N1CCN(c2ccc(F)cc2)CC1)[C@@H]1CCS(=O)(=O)C1. The zero-order valence-corrected chi connectivity index (χ0v) is 16.8. The molecule has 2 aliphatic heterocycles. The summed E-state index contributed by atoms with van der Waals surface area (Å²) >= 11 is 0. The number of benzene rings is 1. The Hall–Kier alpha value is -1.67. The molecule has 2 saturated heterocycles. The fourth-order valence-corrected chi connectivity index (χ4v) is 5.76. The second-order valence-electron chi connectivity index (χ2n) is 7.36. The number of amides is 1. The molecule has 0 spiro atoms. The lowest BCUT2D eigenvalue weighted by atomic mass is 10.1. The number of piperazine rings is 1. The Balaban J connectivity index is 1.58. The van der Waals surface area contributed by atoms with Crippen LogP contribution >= 0.6 is 0 Å². The number of sulfone groups is 1. The van der Waals surface area contributed by atoms with Crippen LogP contribution in [0.25, 0.3) is 0 Å². The second-order valence-corrected chi connectivity index (χ2v) is 9.59. The molecule has 3 rings (SSSR count). The van der Waals surface area contributed by atoms with E-state index >= 15 is 0 Å². The number of likely N-dealkylation sites (N-methyl/N-ethyl adjacent to an activating group) is 1. The molecule has 2 atom stereocenters. The van der Waals surface area contributed by atoms with Gasteiger partial charge in [0.1, 0.15) is 5.82 Å². The minimum Gasteiger partial charge on any atom is -0.369 e. The van der Waals surface area contributed by atoms with Crippen molar-refractivity contribution in [3.8, 4) is 0 Å². The number of halogens is 1. The zero-order valence-electron chi connectivity index (χ0n) is 16.0. The third kappa shape index (κ3) is 4.60. The minimum atomic E-state index is -3.02. The lowest BCUT2D eigenvalue weighted by molar-refractivity contribution is -0.138. The fourth-order valence-electron chi connectivity index (χ4n) is 4.03. The molecule has 1 aromatic carbocycles. The lowest BCUT2D eigenvalue weighted by Gasteiger charge is -2.40. The normalized spacial score (nSPS) is 24.0. The molecule has 2 fully saturated rings. The number of carbonyl (C=O) groups is 1. The number of carbonyl (C=O) groups excluding carboxylic acids is 1. The molecule has 1 amide bonds. The van der Waals surface area contributed by atoms with Crippen molar-refractivity contribution in [2.45, 2.75) is 32.4 Å². The van der Waals surface area contributed by atoms with Crippen LogP contribution in [-0.2, 0) is 14.6 Å². The maximum atomic E-state index is 13.1. The van der Waals surface area contributed by atoms with Crippen LogP contribution in [-0.4, -0.2) is 80.4 Å². The van der Waals surface area contributed by atoms with E-state index in [9.17, 15) is 17.6 Å². The monoisotopic (exact) mass is 397 g/mol. The molecule has 8 heteroatoms. The number of anilines is 1.